The van der Waals surface area contributed by atoms with Gasteiger partial charge < -0.3 is 19.0 Å². The summed E-state index contributed by atoms with van der Waals surface area (Å²) in [5, 5.41) is 10.3. The Morgan fingerprint density at radius 2 is 2.00 bits per heavy atom. The third-order valence-corrected chi connectivity index (χ3v) is 4.23. The van der Waals surface area contributed by atoms with Crippen molar-refractivity contribution in [3.63, 3.8) is 0 Å². The number of likely N-dealkylation sites (tertiary alicyclic amines) is 1. The summed E-state index contributed by atoms with van der Waals surface area (Å²) < 4.78 is 16.2. The van der Waals surface area contributed by atoms with Crippen molar-refractivity contribution in [3.8, 4) is 0 Å². The maximum absolute atomic E-state index is 10.3. The predicted octanol–water partition coefficient (Wildman–Crippen LogP) is 0.303. The van der Waals surface area contributed by atoms with Crippen LogP contribution in [0.1, 0.15) is 11.5 Å². The molecule has 0 radical (unpaired) electrons. The van der Waals surface area contributed by atoms with Gasteiger partial charge in [0.1, 0.15) is 18.1 Å². The average Bonchev–Trinajstić information content (AvgIpc) is 3.07. The van der Waals surface area contributed by atoms with E-state index in [4.69, 9.17) is 13.9 Å². The summed E-state index contributed by atoms with van der Waals surface area (Å²) in [6.45, 7) is 6.16. The molecule has 0 unspecified atom stereocenters. The first kappa shape index (κ1) is 15.0. The van der Waals surface area contributed by atoms with Crippen molar-refractivity contribution in [3.05, 3.63) is 23.7 Å². The normalized spacial score (nSPS) is 28.3. The van der Waals surface area contributed by atoms with Crippen molar-refractivity contribution < 1.29 is 19.0 Å². The molecule has 6 nitrogen and oxygen atoms in total. The molecule has 21 heavy (non-hydrogen) atoms. The average molecular weight is 296 g/mol. The molecule has 0 aromatic carbocycles. The van der Waals surface area contributed by atoms with Crippen LogP contribution in [0, 0.1) is 0 Å². The van der Waals surface area contributed by atoms with E-state index in [1.165, 1.54) is 0 Å². The van der Waals surface area contributed by atoms with Gasteiger partial charge in [-0.3, -0.25) is 9.80 Å². The largest absolute Gasteiger partial charge is 0.462 e. The van der Waals surface area contributed by atoms with Gasteiger partial charge in [0.05, 0.1) is 25.9 Å². The fourth-order valence-electron chi connectivity index (χ4n) is 3.19. The Morgan fingerprint density at radius 1 is 1.24 bits per heavy atom. The number of nitrogens with zero attached hydrogens (tertiary/aromatic N) is 2. The molecule has 3 rings (SSSR count). The summed E-state index contributed by atoms with van der Waals surface area (Å²) in [4.78, 5) is 4.59. The van der Waals surface area contributed by atoms with Gasteiger partial charge in [0.15, 0.2) is 0 Å². The van der Waals surface area contributed by atoms with E-state index in [-0.39, 0.29) is 12.1 Å². The van der Waals surface area contributed by atoms with Gasteiger partial charge in [0.2, 0.25) is 0 Å². The van der Waals surface area contributed by atoms with E-state index in [1.54, 1.807) is 7.11 Å². The van der Waals surface area contributed by atoms with Crippen molar-refractivity contribution in [1.82, 2.24) is 9.80 Å². The summed E-state index contributed by atoms with van der Waals surface area (Å²) in [7, 11) is 1.66. The zero-order valence-corrected chi connectivity index (χ0v) is 12.5. The number of methoxy groups -OCH3 is 1. The quantitative estimate of drug-likeness (QED) is 0.843. The number of β-amino-alcohol motifs (C(OH)–C–C–N with tert-alkyl or cyclic N) is 1. The molecule has 2 aliphatic heterocycles. The van der Waals surface area contributed by atoms with E-state index in [2.05, 4.69) is 9.80 Å². The maximum atomic E-state index is 10.3. The van der Waals surface area contributed by atoms with E-state index < -0.39 is 0 Å². The number of furan rings is 1. The van der Waals surface area contributed by atoms with E-state index >= 15 is 0 Å². The van der Waals surface area contributed by atoms with E-state index in [1.807, 2.05) is 12.1 Å². The van der Waals surface area contributed by atoms with Gasteiger partial charge in [-0.05, 0) is 12.1 Å². The monoisotopic (exact) mass is 296 g/mol. The molecule has 1 N–H and O–H groups in total. The molecule has 3 heterocycles. The first-order valence-electron chi connectivity index (χ1n) is 7.55. The molecular weight excluding hydrogens is 272 g/mol. The van der Waals surface area contributed by atoms with Crippen LogP contribution in [-0.4, -0.2) is 73.6 Å². The topological polar surface area (TPSA) is 58.3 Å². The van der Waals surface area contributed by atoms with Crippen molar-refractivity contribution in [2.45, 2.75) is 25.3 Å². The summed E-state index contributed by atoms with van der Waals surface area (Å²) >= 11 is 0. The Kier molecular flexibility index (Phi) is 4.92. The first-order chi connectivity index (χ1) is 10.3. The molecule has 2 atom stereocenters. The van der Waals surface area contributed by atoms with E-state index in [0.29, 0.717) is 13.2 Å². The molecule has 0 bridgehead atoms. The Morgan fingerprint density at radius 3 is 2.76 bits per heavy atom. The van der Waals surface area contributed by atoms with Gasteiger partial charge in [-0.25, -0.2) is 0 Å². The molecule has 1 aromatic rings. The third-order valence-electron chi connectivity index (χ3n) is 4.23. The number of hydrogen-bond acceptors (Lipinski definition) is 6. The third kappa shape index (κ3) is 3.64. The Bertz CT molecular complexity index is 445. The lowest BCUT2D eigenvalue weighted by atomic mass is 10.2. The van der Waals surface area contributed by atoms with Crippen LogP contribution in [0.3, 0.4) is 0 Å². The van der Waals surface area contributed by atoms with Crippen LogP contribution in [-0.2, 0) is 22.6 Å². The molecule has 0 aliphatic carbocycles. The summed E-state index contributed by atoms with van der Waals surface area (Å²) in [5.74, 6) is 1.77. The fourth-order valence-corrected chi connectivity index (χ4v) is 3.19. The molecule has 1 aromatic heterocycles. The van der Waals surface area contributed by atoms with Crippen molar-refractivity contribution >= 4 is 0 Å². The Hall–Kier alpha value is -0.920. The Labute approximate surface area is 125 Å². The fraction of sp³-hybridized carbons (Fsp3) is 0.733. The van der Waals surface area contributed by atoms with Gasteiger partial charge in [-0.2, -0.15) is 0 Å². The van der Waals surface area contributed by atoms with Gasteiger partial charge in [-0.15, -0.1) is 0 Å². The second-order valence-electron chi connectivity index (χ2n) is 5.78. The minimum absolute atomic E-state index is 0.210. The van der Waals surface area contributed by atoms with Crippen LogP contribution < -0.4 is 0 Å². The van der Waals surface area contributed by atoms with Crippen LogP contribution in [0.5, 0.6) is 0 Å². The van der Waals surface area contributed by atoms with Crippen LogP contribution >= 0.6 is 0 Å². The number of ether oxygens (including phenoxy) is 2. The number of hydrogen-bond donors (Lipinski definition) is 1. The smallest absolute Gasteiger partial charge is 0.129 e. The molecule has 2 aliphatic rings. The Balaban J connectivity index is 1.54. The van der Waals surface area contributed by atoms with Crippen LogP contribution in [0.25, 0.3) is 0 Å². The number of morpholine rings is 1. The maximum Gasteiger partial charge on any atom is 0.129 e. The van der Waals surface area contributed by atoms with Crippen molar-refractivity contribution in [1.29, 1.82) is 0 Å². The highest BCUT2D eigenvalue weighted by Gasteiger charge is 2.36. The van der Waals surface area contributed by atoms with Crippen LogP contribution in [0.4, 0.5) is 0 Å². The summed E-state index contributed by atoms with van der Waals surface area (Å²) in [6.07, 6.45) is -0.295. The number of rotatable bonds is 5. The molecule has 0 saturated carbocycles. The van der Waals surface area contributed by atoms with E-state index in [0.717, 1.165) is 50.9 Å². The lowest BCUT2D eigenvalue weighted by Gasteiger charge is -2.33. The minimum atomic E-state index is -0.295. The molecular formula is C15H24N2O4. The van der Waals surface area contributed by atoms with Gasteiger partial charge in [-0.1, -0.05) is 0 Å². The lowest BCUT2D eigenvalue weighted by Crippen LogP contribution is -2.48. The lowest BCUT2D eigenvalue weighted by molar-refractivity contribution is -0.00619. The number of aliphatic hydroxyl groups is 1. The standard InChI is InChI=1S/C15H24N2O4/c1-19-11-13-3-2-12(21-13)8-16-9-14(15(18)10-16)17-4-6-20-7-5-17/h2-3,14-15,18H,4-11H2,1H3/t14-,15-/m0/s1. The zero-order chi connectivity index (χ0) is 14.7. The van der Waals surface area contributed by atoms with Gasteiger partial charge in [0, 0.05) is 39.3 Å². The van der Waals surface area contributed by atoms with Gasteiger partial charge >= 0.3 is 0 Å². The second-order valence-corrected chi connectivity index (χ2v) is 5.78. The first-order valence-corrected chi connectivity index (χ1v) is 7.55. The molecule has 0 amide bonds. The van der Waals surface area contributed by atoms with Crippen molar-refractivity contribution in [2.75, 3.05) is 46.5 Å². The van der Waals surface area contributed by atoms with Crippen LogP contribution in [0.15, 0.2) is 16.5 Å². The number of aliphatic hydroxyl groups excluding tert-OH is 1. The van der Waals surface area contributed by atoms with E-state index in [9.17, 15) is 5.11 Å². The highest BCUT2D eigenvalue weighted by atomic mass is 16.5. The van der Waals surface area contributed by atoms with Gasteiger partial charge in [0.25, 0.3) is 0 Å². The summed E-state index contributed by atoms with van der Waals surface area (Å²) in [5.41, 5.74) is 0. The molecule has 2 fully saturated rings. The SMILES string of the molecule is COCc1ccc(CN2C[C@H](O)[C@@H](N3CCOCC3)C2)o1. The molecule has 0 spiro atoms. The predicted molar refractivity (Wildman–Crippen MR) is 76.9 cm³/mol. The molecule has 118 valence electrons. The molecule has 6 heteroatoms. The zero-order valence-electron chi connectivity index (χ0n) is 12.5. The van der Waals surface area contributed by atoms with Crippen LogP contribution in [0.2, 0.25) is 0 Å². The highest BCUT2D eigenvalue weighted by Crippen LogP contribution is 2.20. The second kappa shape index (κ2) is 6.89. The van der Waals surface area contributed by atoms with Crippen molar-refractivity contribution in [2.24, 2.45) is 0 Å². The highest BCUT2D eigenvalue weighted by molar-refractivity contribution is 5.07. The molecule has 2 saturated heterocycles. The minimum Gasteiger partial charge on any atom is -0.462 e. The summed E-state index contributed by atoms with van der Waals surface area (Å²) in [6, 6.07) is 4.15.